The van der Waals surface area contributed by atoms with Gasteiger partial charge in [0.1, 0.15) is 0 Å². The van der Waals surface area contributed by atoms with E-state index in [1.54, 1.807) is 55.3 Å². The van der Waals surface area contributed by atoms with Crippen molar-refractivity contribution in [3.05, 3.63) is 98.8 Å². The second-order valence-corrected chi connectivity index (χ2v) is 10.9. The Morgan fingerprint density at radius 1 is 1.08 bits per heavy atom. The van der Waals surface area contributed by atoms with Crippen LogP contribution in [0.1, 0.15) is 65.9 Å². The van der Waals surface area contributed by atoms with Gasteiger partial charge in [0.25, 0.3) is 5.91 Å². The van der Waals surface area contributed by atoms with Crippen LogP contribution in [0.4, 0.5) is 0 Å². The number of aliphatic hydroxyl groups excluding tert-OH is 1. The summed E-state index contributed by atoms with van der Waals surface area (Å²) in [5.74, 6) is -0.235. The SMILES string of the molecule is CC(C)(O)c1ccc2c(c1)C(=O)N(Cc1ccc(Cl)cn1)[C@@]2(O[C@@H]1CC[C@H](O)C1)c1ccc(Cl)cc1. The van der Waals surface area contributed by atoms with Crippen molar-refractivity contribution in [1.29, 1.82) is 0 Å². The van der Waals surface area contributed by atoms with Crippen molar-refractivity contribution in [2.75, 3.05) is 0 Å². The Labute approximate surface area is 220 Å². The molecule has 2 aliphatic rings. The summed E-state index contributed by atoms with van der Waals surface area (Å²) in [5.41, 5.74) is 0.755. The Kier molecular flexibility index (Phi) is 6.60. The quantitative estimate of drug-likeness (QED) is 0.449. The third-order valence-corrected chi connectivity index (χ3v) is 7.46. The summed E-state index contributed by atoms with van der Waals surface area (Å²) in [4.78, 5) is 20.2. The summed E-state index contributed by atoms with van der Waals surface area (Å²) in [7, 11) is 0. The van der Waals surface area contributed by atoms with Crippen LogP contribution in [0.2, 0.25) is 10.0 Å². The highest BCUT2D eigenvalue weighted by Gasteiger charge is 2.54. The maximum atomic E-state index is 14.1. The monoisotopic (exact) mass is 526 g/mol. The molecule has 0 unspecified atom stereocenters. The van der Waals surface area contributed by atoms with E-state index in [1.807, 2.05) is 24.3 Å². The molecule has 0 bridgehead atoms. The summed E-state index contributed by atoms with van der Waals surface area (Å²) in [6, 6.07) is 16.2. The largest absolute Gasteiger partial charge is 0.393 e. The minimum absolute atomic E-state index is 0.167. The van der Waals surface area contributed by atoms with Crippen molar-refractivity contribution in [3.63, 3.8) is 0 Å². The first kappa shape index (κ1) is 25.2. The van der Waals surface area contributed by atoms with Gasteiger partial charge in [-0.1, -0.05) is 47.5 Å². The Bertz CT molecular complexity index is 1270. The summed E-state index contributed by atoms with van der Waals surface area (Å²) >= 11 is 12.3. The van der Waals surface area contributed by atoms with Crippen molar-refractivity contribution < 1.29 is 19.7 Å². The van der Waals surface area contributed by atoms with E-state index in [0.29, 0.717) is 51.7 Å². The molecule has 1 saturated carbocycles. The molecule has 0 spiro atoms. The number of halogens is 2. The first-order valence-corrected chi connectivity index (χ1v) is 12.8. The standard InChI is InChI=1S/C28H28Cl2N2O4/c1-27(2,35)18-5-12-25-24(13-18)26(34)32(16-21-9-8-20(30)15-31-21)28(25,17-3-6-19(29)7-4-17)36-23-11-10-22(33)14-23/h3-9,12-13,15,22-23,33,35H,10-11,14,16H2,1-2H3/t22-,23+,28+/m0/s1. The molecule has 0 saturated heterocycles. The number of amides is 1. The molecule has 3 aromatic rings. The van der Waals surface area contributed by atoms with E-state index in [1.165, 1.54) is 0 Å². The second kappa shape index (κ2) is 9.43. The van der Waals surface area contributed by atoms with Gasteiger partial charge in [0.2, 0.25) is 0 Å². The number of hydrogen-bond donors (Lipinski definition) is 2. The Morgan fingerprint density at radius 3 is 2.42 bits per heavy atom. The van der Waals surface area contributed by atoms with E-state index in [-0.39, 0.29) is 18.6 Å². The number of hydrogen-bond acceptors (Lipinski definition) is 5. The molecule has 1 aliphatic carbocycles. The average molecular weight is 527 g/mol. The lowest BCUT2D eigenvalue weighted by Gasteiger charge is -2.41. The Morgan fingerprint density at radius 2 is 1.81 bits per heavy atom. The topological polar surface area (TPSA) is 82.9 Å². The molecule has 6 nitrogen and oxygen atoms in total. The lowest BCUT2D eigenvalue weighted by Crippen LogP contribution is -2.48. The maximum absolute atomic E-state index is 14.1. The Balaban J connectivity index is 1.71. The first-order chi connectivity index (χ1) is 17.1. The van der Waals surface area contributed by atoms with E-state index < -0.39 is 17.4 Å². The van der Waals surface area contributed by atoms with Gasteiger partial charge in [-0.05, 0) is 69.0 Å². The van der Waals surface area contributed by atoms with Crippen molar-refractivity contribution in [1.82, 2.24) is 9.88 Å². The van der Waals surface area contributed by atoms with Crippen molar-refractivity contribution in [3.8, 4) is 0 Å². The fourth-order valence-electron chi connectivity index (χ4n) is 5.12. The first-order valence-electron chi connectivity index (χ1n) is 12.0. The normalized spacial score (nSPS) is 23.8. The fraction of sp³-hybridized carbons (Fsp3) is 0.357. The molecule has 2 aromatic carbocycles. The number of aliphatic hydroxyl groups is 2. The van der Waals surface area contributed by atoms with Crippen LogP contribution in [0.3, 0.4) is 0 Å². The highest BCUT2D eigenvalue weighted by atomic mass is 35.5. The predicted molar refractivity (Wildman–Crippen MR) is 138 cm³/mol. The molecule has 1 aromatic heterocycles. The molecular weight excluding hydrogens is 499 g/mol. The molecular formula is C28H28Cl2N2O4. The van der Waals surface area contributed by atoms with Gasteiger partial charge in [0.05, 0.1) is 35.1 Å². The summed E-state index contributed by atoms with van der Waals surface area (Å²) in [5, 5.41) is 22.0. The minimum atomic E-state index is -1.27. The molecule has 1 aliphatic heterocycles. The molecule has 2 heterocycles. The number of rotatable bonds is 6. The molecule has 36 heavy (non-hydrogen) atoms. The van der Waals surface area contributed by atoms with Gasteiger partial charge >= 0.3 is 0 Å². The number of aromatic nitrogens is 1. The number of benzene rings is 2. The summed E-state index contributed by atoms with van der Waals surface area (Å²) < 4.78 is 6.87. The van der Waals surface area contributed by atoms with E-state index >= 15 is 0 Å². The van der Waals surface area contributed by atoms with Gasteiger partial charge in [0, 0.05) is 27.9 Å². The second-order valence-electron chi connectivity index (χ2n) is 10.0. The smallest absolute Gasteiger partial charge is 0.257 e. The summed E-state index contributed by atoms with van der Waals surface area (Å²) in [6.45, 7) is 3.54. The number of carbonyl (C=O) groups is 1. The minimum Gasteiger partial charge on any atom is -0.393 e. The molecule has 1 fully saturated rings. The number of carbonyl (C=O) groups excluding carboxylic acids is 1. The zero-order valence-corrected chi connectivity index (χ0v) is 21.6. The lowest BCUT2D eigenvalue weighted by atomic mass is 9.89. The maximum Gasteiger partial charge on any atom is 0.257 e. The highest BCUT2D eigenvalue weighted by molar-refractivity contribution is 6.30. The lowest BCUT2D eigenvalue weighted by molar-refractivity contribution is -0.147. The van der Waals surface area contributed by atoms with E-state index in [2.05, 4.69) is 4.98 Å². The van der Waals surface area contributed by atoms with Crippen LogP contribution >= 0.6 is 23.2 Å². The van der Waals surface area contributed by atoms with Crippen molar-refractivity contribution in [2.24, 2.45) is 0 Å². The fourth-order valence-corrected chi connectivity index (χ4v) is 5.36. The van der Waals surface area contributed by atoms with Crippen LogP contribution in [0.5, 0.6) is 0 Å². The van der Waals surface area contributed by atoms with Gasteiger partial charge in [-0.2, -0.15) is 0 Å². The molecule has 1 amide bonds. The summed E-state index contributed by atoms with van der Waals surface area (Å²) in [6.07, 6.45) is 2.64. The highest BCUT2D eigenvalue weighted by Crippen LogP contribution is 2.49. The number of nitrogens with zero attached hydrogens (tertiary/aromatic N) is 2. The third kappa shape index (κ3) is 4.53. The van der Waals surface area contributed by atoms with Gasteiger partial charge in [-0.25, -0.2) is 0 Å². The van der Waals surface area contributed by atoms with Gasteiger partial charge < -0.3 is 14.9 Å². The molecule has 188 valence electrons. The molecule has 2 N–H and O–H groups in total. The van der Waals surface area contributed by atoms with E-state index in [9.17, 15) is 15.0 Å². The molecule has 0 radical (unpaired) electrons. The van der Waals surface area contributed by atoms with Crippen LogP contribution in [-0.4, -0.2) is 38.2 Å². The van der Waals surface area contributed by atoms with Crippen molar-refractivity contribution in [2.45, 2.75) is 63.2 Å². The van der Waals surface area contributed by atoms with Crippen LogP contribution in [0.25, 0.3) is 0 Å². The van der Waals surface area contributed by atoms with Crippen molar-refractivity contribution >= 4 is 29.1 Å². The number of fused-ring (bicyclic) bond motifs is 1. The van der Waals surface area contributed by atoms with Crippen LogP contribution < -0.4 is 0 Å². The average Bonchev–Trinajstić information content (AvgIpc) is 3.35. The zero-order chi connectivity index (χ0) is 25.7. The van der Waals surface area contributed by atoms with E-state index in [0.717, 1.165) is 5.56 Å². The van der Waals surface area contributed by atoms with E-state index in [4.69, 9.17) is 27.9 Å². The number of ether oxygens (including phenoxy) is 1. The molecule has 8 heteroatoms. The zero-order valence-electron chi connectivity index (χ0n) is 20.1. The van der Waals surface area contributed by atoms with Crippen LogP contribution in [0, 0.1) is 0 Å². The Hall–Kier alpha value is -2.48. The molecule has 5 rings (SSSR count). The van der Waals surface area contributed by atoms with Gasteiger partial charge in [-0.3, -0.25) is 14.7 Å². The predicted octanol–water partition coefficient (Wildman–Crippen LogP) is 5.40. The third-order valence-electron chi connectivity index (χ3n) is 6.99. The van der Waals surface area contributed by atoms with Gasteiger partial charge in [-0.15, -0.1) is 0 Å². The van der Waals surface area contributed by atoms with Gasteiger partial charge in [0.15, 0.2) is 5.72 Å². The van der Waals surface area contributed by atoms with Crippen LogP contribution in [-0.2, 0) is 22.6 Å². The number of pyridine rings is 1. The molecule has 3 atom stereocenters. The van der Waals surface area contributed by atoms with Crippen LogP contribution in [0.15, 0.2) is 60.8 Å².